The summed E-state index contributed by atoms with van der Waals surface area (Å²) in [5, 5.41) is 3.89. The third kappa shape index (κ3) is 2.18. The van der Waals surface area contributed by atoms with Gasteiger partial charge in [-0.1, -0.05) is 27.2 Å². The molecule has 1 aromatic heterocycles. The van der Waals surface area contributed by atoms with Crippen LogP contribution in [-0.2, 0) is 0 Å². The quantitative estimate of drug-likeness (QED) is 0.946. The Morgan fingerprint density at radius 3 is 2.89 bits per heavy atom. The molecule has 4 nitrogen and oxygen atoms in total. The fourth-order valence-electron chi connectivity index (χ4n) is 1.76. The molecule has 1 aliphatic rings. The van der Waals surface area contributed by atoms with E-state index in [1.165, 1.54) is 12.1 Å². The van der Waals surface area contributed by atoms with Gasteiger partial charge in [0.1, 0.15) is 5.82 Å². The first kappa shape index (κ1) is 11.8. The first-order chi connectivity index (χ1) is 8.65. The maximum Gasteiger partial charge on any atom is 0.229 e. The zero-order valence-corrected chi connectivity index (χ0v) is 11.0. The summed E-state index contributed by atoms with van der Waals surface area (Å²) in [6.07, 6.45) is 2.19. The summed E-state index contributed by atoms with van der Waals surface area (Å²) in [4.78, 5) is 4.29. The SMILES string of the molecule is NC(c1noc(C2CC2)n1)c1ccc(F)cc1Br. The standard InChI is InChI=1S/C12H11BrFN3O/c13-9-5-7(14)3-4-8(9)10(15)11-16-12(18-17-11)6-1-2-6/h3-6,10H,1-2,15H2. The molecule has 1 heterocycles. The summed E-state index contributed by atoms with van der Waals surface area (Å²) in [5.74, 6) is 1.17. The summed E-state index contributed by atoms with van der Waals surface area (Å²) in [7, 11) is 0. The molecular formula is C12H11BrFN3O. The van der Waals surface area contributed by atoms with Gasteiger partial charge in [0.2, 0.25) is 5.89 Å². The highest BCUT2D eigenvalue weighted by Gasteiger charge is 2.30. The van der Waals surface area contributed by atoms with Gasteiger partial charge in [0.25, 0.3) is 0 Å². The van der Waals surface area contributed by atoms with Crippen molar-refractivity contribution in [1.82, 2.24) is 10.1 Å². The van der Waals surface area contributed by atoms with Crippen molar-refractivity contribution >= 4 is 15.9 Å². The van der Waals surface area contributed by atoms with E-state index in [9.17, 15) is 4.39 Å². The van der Waals surface area contributed by atoms with Crippen molar-refractivity contribution in [2.45, 2.75) is 24.8 Å². The van der Waals surface area contributed by atoms with E-state index >= 15 is 0 Å². The van der Waals surface area contributed by atoms with Crippen LogP contribution >= 0.6 is 15.9 Å². The maximum atomic E-state index is 13.0. The van der Waals surface area contributed by atoms with Crippen molar-refractivity contribution in [3.8, 4) is 0 Å². The lowest BCUT2D eigenvalue weighted by Crippen LogP contribution is -2.14. The second kappa shape index (κ2) is 4.44. The largest absolute Gasteiger partial charge is 0.339 e. The fourth-order valence-corrected chi connectivity index (χ4v) is 2.36. The Bertz CT molecular complexity index is 582. The van der Waals surface area contributed by atoms with Crippen molar-refractivity contribution in [2.24, 2.45) is 5.73 Å². The molecule has 2 aromatic rings. The second-order valence-corrected chi connectivity index (χ2v) is 5.26. The van der Waals surface area contributed by atoms with E-state index in [-0.39, 0.29) is 5.82 Å². The molecule has 0 spiro atoms. The van der Waals surface area contributed by atoms with Gasteiger partial charge >= 0.3 is 0 Å². The molecule has 1 aliphatic carbocycles. The number of nitrogens with two attached hydrogens (primary N) is 1. The minimum absolute atomic E-state index is 0.315. The number of nitrogens with zero attached hydrogens (tertiary/aromatic N) is 2. The topological polar surface area (TPSA) is 64.9 Å². The molecular weight excluding hydrogens is 301 g/mol. The van der Waals surface area contributed by atoms with E-state index in [4.69, 9.17) is 10.3 Å². The lowest BCUT2D eigenvalue weighted by atomic mass is 10.1. The first-order valence-electron chi connectivity index (χ1n) is 5.69. The molecule has 6 heteroatoms. The molecule has 94 valence electrons. The monoisotopic (exact) mass is 311 g/mol. The van der Waals surface area contributed by atoms with E-state index in [1.807, 2.05) is 0 Å². The number of hydrogen-bond donors (Lipinski definition) is 1. The van der Waals surface area contributed by atoms with Crippen LogP contribution in [0.4, 0.5) is 4.39 Å². The average molecular weight is 312 g/mol. The summed E-state index contributed by atoms with van der Waals surface area (Å²) in [5.41, 5.74) is 6.80. The predicted molar refractivity (Wildman–Crippen MR) is 66.4 cm³/mol. The van der Waals surface area contributed by atoms with Gasteiger partial charge in [-0.2, -0.15) is 4.98 Å². The number of hydrogen-bond acceptors (Lipinski definition) is 4. The van der Waals surface area contributed by atoms with Crippen LogP contribution in [0.25, 0.3) is 0 Å². The van der Waals surface area contributed by atoms with E-state index < -0.39 is 6.04 Å². The molecule has 0 amide bonds. The maximum absolute atomic E-state index is 13.0. The van der Waals surface area contributed by atoms with E-state index in [0.717, 1.165) is 18.4 Å². The smallest absolute Gasteiger partial charge is 0.229 e. The number of rotatable bonds is 3. The molecule has 1 aromatic carbocycles. The second-order valence-electron chi connectivity index (χ2n) is 4.41. The van der Waals surface area contributed by atoms with Crippen molar-refractivity contribution in [1.29, 1.82) is 0 Å². The highest BCUT2D eigenvalue weighted by Crippen LogP contribution is 2.39. The molecule has 1 atom stereocenters. The number of halogens is 2. The lowest BCUT2D eigenvalue weighted by molar-refractivity contribution is 0.372. The molecule has 18 heavy (non-hydrogen) atoms. The Kier molecular flexibility index (Phi) is 2.91. The Labute approximate surface area is 112 Å². The lowest BCUT2D eigenvalue weighted by Gasteiger charge is -2.09. The van der Waals surface area contributed by atoms with E-state index in [0.29, 0.717) is 22.1 Å². The van der Waals surface area contributed by atoms with Crippen molar-refractivity contribution in [3.05, 3.63) is 45.8 Å². The predicted octanol–water partition coefficient (Wildman–Crippen LogP) is 2.90. The summed E-state index contributed by atoms with van der Waals surface area (Å²) < 4.78 is 18.8. The Hall–Kier alpha value is -1.27. The zero-order chi connectivity index (χ0) is 12.7. The van der Waals surface area contributed by atoms with Crippen LogP contribution in [-0.4, -0.2) is 10.1 Å². The van der Waals surface area contributed by atoms with E-state index in [1.54, 1.807) is 6.07 Å². The molecule has 1 saturated carbocycles. The molecule has 2 N–H and O–H groups in total. The van der Waals surface area contributed by atoms with Crippen molar-refractivity contribution < 1.29 is 8.91 Å². The fraction of sp³-hybridized carbons (Fsp3) is 0.333. The normalized spacial score (nSPS) is 16.8. The minimum Gasteiger partial charge on any atom is -0.339 e. The Morgan fingerprint density at radius 2 is 2.22 bits per heavy atom. The van der Waals surface area contributed by atoms with Gasteiger partial charge < -0.3 is 10.3 Å². The summed E-state index contributed by atoms with van der Waals surface area (Å²) in [6, 6.07) is 3.84. The van der Waals surface area contributed by atoms with Crippen LogP contribution in [0.3, 0.4) is 0 Å². The van der Waals surface area contributed by atoms with Gasteiger partial charge in [0, 0.05) is 10.4 Å². The summed E-state index contributed by atoms with van der Waals surface area (Å²) >= 11 is 3.29. The number of aromatic nitrogens is 2. The average Bonchev–Trinajstić information content (AvgIpc) is 3.06. The van der Waals surface area contributed by atoms with Crippen LogP contribution in [0.2, 0.25) is 0 Å². The molecule has 1 fully saturated rings. The van der Waals surface area contributed by atoms with Crippen LogP contribution in [0.1, 0.15) is 42.1 Å². The number of benzene rings is 1. The van der Waals surface area contributed by atoms with Gasteiger partial charge in [-0.15, -0.1) is 0 Å². The molecule has 0 bridgehead atoms. The Balaban J connectivity index is 1.89. The zero-order valence-electron chi connectivity index (χ0n) is 9.44. The third-order valence-electron chi connectivity index (χ3n) is 2.96. The first-order valence-corrected chi connectivity index (χ1v) is 6.48. The van der Waals surface area contributed by atoms with Crippen molar-refractivity contribution in [3.63, 3.8) is 0 Å². The Morgan fingerprint density at radius 1 is 1.44 bits per heavy atom. The van der Waals surface area contributed by atoms with Gasteiger partial charge in [0.15, 0.2) is 5.82 Å². The van der Waals surface area contributed by atoms with Crippen LogP contribution < -0.4 is 5.73 Å². The van der Waals surface area contributed by atoms with Gasteiger partial charge in [0.05, 0.1) is 6.04 Å². The third-order valence-corrected chi connectivity index (χ3v) is 3.65. The molecule has 1 unspecified atom stereocenters. The highest BCUT2D eigenvalue weighted by molar-refractivity contribution is 9.10. The molecule has 0 saturated heterocycles. The minimum atomic E-state index is -0.517. The van der Waals surface area contributed by atoms with Crippen LogP contribution in [0.5, 0.6) is 0 Å². The van der Waals surface area contributed by atoms with Gasteiger partial charge in [-0.3, -0.25) is 0 Å². The van der Waals surface area contributed by atoms with Gasteiger partial charge in [-0.05, 0) is 30.5 Å². The summed E-state index contributed by atoms with van der Waals surface area (Å²) in [6.45, 7) is 0. The van der Waals surface area contributed by atoms with Crippen LogP contribution in [0.15, 0.2) is 27.2 Å². The molecule has 3 rings (SSSR count). The molecule has 0 radical (unpaired) electrons. The van der Waals surface area contributed by atoms with Gasteiger partial charge in [-0.25, -0.2) is 4.39 Å². The van der Waals surface area contributed by atoms with E-state index in [2.05, 4.69) is 26.1 Å². The van der Waals surface area contributed by atoms with Crippen molar-refractivity contribution in [2.75, 3.05) is 0 Å². The van der Waals surface area contributed by atoms with Crippen LogP contribution in [0, 0.1) is 5.82 Å². The highest BCUT2D eigenvalue weighted by atomic mass is 79.9. The molecule has 0 aliphatic heterocycles.